The monoisotopic (exact) mass is 249 g/mol. The van der Waals surface area contributed by atoms with Crippen LogP contribution >= 0.6 is 0 Å². The molecule has 0 radical (unpaired) electrons. The molecule has 2 rings (SSSR count). The largest absolute Gasteiger partial charge is 0.373 e. The highest BCUT2D eigenvalue weighted by molar-refractivity contribution is 5.34. The van der Waals surface area contributed by atoms with Crippen molar-refractivity contribution < 1.29 is 0 Å². The number of nitrogens with one attached hydrogen (secondary N) is 1. The highest BCUT2D eigenvalue weighted by Gasteiger charge is 2.13. The van der Waals surface area contributed by atoms with Gasteiger partial charge in [-0.3, -0.25) is 4.90 Å². The van der Waals surface area contributed by atoms with E-state index in [4.69, 9.17) is 0 Å². The van der Waals surface area contributed by atoms with Crippen LogP contribution in [-0.4, -0.2) is 60.0 Å². The zero-order chi connectivity index (χ0) is 13.0. The van der Waals surface area contributed by atoms with Crippen LogP contribution in [0.3, 0.4) is 0 Å². The van der Waals surface area contributed by atoms with Crippen LogP contribution in [0.1, 0.15) is 17.9 Å². The molecule has 1 aromatic rings. The highest BCUT2D eigenvalue weighted by atomic mass is 15.2. The van der Waals surface area contributed by atoms with Crippen LogP contribution in [-0.2, 0) is 6.54 Å². The third-order valence-electron chi connectivity index (χ3n) is 3.33. The lowest BCUT2D eigenvalue weighted by atomic mass is 10.3. The first-order valence-corrected chi connectivity index (χ1v) is 6.60. The van der Waals surface area contributed by atoms with Crippen molar-refractivity contribution in [1.29, 1.82) is 0 Å². The third kappa shape index (κ3) is 3.65. The average Bonchev–Trinajstić information content (AvgIpc) is 2.54. The fraction of sp³-hybridized carbons (Fsp3) is 0.692. The van der Waals surface area contributed by atoms with E-state index in [0.717, 1.165) is 43.5 Å². The van der Waals surface area contributed by atoms with Gasteiger partial charge in [-0.1, -0.05) is 0 Å². The molecule has 1 aliphatic heterocycles. The maximum Gasteiger partial charge on any atom is 0.144 e. The molecule has 5 nitrogen and oxygen atoms in total. The highest BCUT2D eigenvalue weighted by Crippen LogP contribution is 2.09. The third-order valence-corrected chi connectivity index (χ3v) is 3.33. The van der Waals surface area contributed by atoms with Crippen molar-refractivity contribution in [2.75, 3.05) is 45.6 Å². The van der Waals surface area contributed by atoms with Crippen LogP contribution < -0.4 is 5.32 Å². The lowest BCUT2D eigenvalue weighted by molar-refractivity contribution is 0.263. The molecule has 0 amide bonds. The van der Waals surface area contributed by atoms with E-state index >= 15 is 0 Å². The summed E-state index contributed by atoms with van der Waals surface area (Å²) in [4.78, 5) is 13.9. The molecule has 100 valence electrons. The Balaban J connectivity index is 2.01. The standard InChI is InChI=1S/C13H23N5/c1-11-9-12(14-2)16-13(15-11)10-18-6-4-5-17(3)7-8-18/h9H,4-8,10H2,1-3H3,(H,14,15,16). The van der Waals surface area contributed by atoms with Gasteiger partial charge in [-0.05, 0) is 33.5 Å². The van der Waals surface area contributed by atoms with E-state index in [1.807, 2.05) is 20.0 Å². The van der Waals surface area contributed by atoms with Gasteiger partial charge in [-0.15, -0.1) is 0 Å². The molecule has 0 aliphatic carbocycles. The maximum atomic E-state index is 4.52. The zero-order valence-corrected chi connectivity index (χ0v) is 11.6. The van der Waals surface area contributed by atoms with Gasteiger partial charge in [0.05, 0.1) is 6.54 Å². The van der Waals surface area contributed by atoms with Crippen LogP contribution in [0.4, 0.5) is 5.82 Å². The van der Waals surface area contributed by atoms with Crippen LogP contribution in [0, 0.1) is 6.92 Å². The number of nitrogens with zero attached hydrogens (tertiary/aromatic N) is 4. The van der Waals surface area contributed by atoms with E-state index in [-0.39, 0.29) is 0 Å². The number of aromatic nitrogens is 2. The number of hydrogen-bond acceptors (Lipinski definition) is 5. The van der Waals surface area contributed by atoms with Crippen LogP contribution in [0.25, 0.3) is 0 Å². The summed E-state index contributed by atoms with van der Waals surface area (Å²) in [5, 5.41) is 3.09. The van der Waals surface area contributed by atoms with E-state index in [0.29, 0.717) is 0 Å². The second-order valence-corrected chi connectivity index (χ2v) is 4.99. The Morgan fingerprint density at radius 2 is 2.06 bits per heavy atom. The SMILES string of the molecule is CNc1cc(C)nc(CN2CCCN(C)CC2)n1. The van der Waals surface area contributed by atoms with Crippen molar-refractivity contribution in [3.05, 3.63) is 17.6 Å². The van der Waals surface area contributed by atoms with Crippen LogP contribution in [0.15, 0.2) is 6.07 Å². The first-order valence-electron chi connectivity index (χ1n) is 6.60. The molecular formula is C13H23N5. The van der Waals surface area contributed by atoms with Gasteiger partial charge in [0, 0.05) is 31.9 Å². The summed E-state index contributed by atoms with van der Waals surface area (Å²) < 4.78 is 0. The second-order valence-electron chi connectivity index (χ2n) is 4.99. The number of hydrogen-bond donors (Lipinski definition) is 1. The van der Waals surface area contributed by atoms with Crippen molar-refractivity contribution >= 4 is 5.82 Å². The van der Waals surface area contributed by atoms with Crippen LogP contribution in [0.2, 0.25) is 0 Å². The molecule has 0 bridgehead atoms. The number of anilines is 1. The Morgan fingerprint density at radius 3 is 2.83 bits per heavy atom. The fourth-order valence-electron chi connectivity index (χ4n) is 2.29. The number of likely N-dealkylation sites (N-methyl/N-ethyl adjacent to an activating group) is 1. The molecule has 18 heavy (non-hydrogen) atoms. The maximum absolute atomic E-state index is 4.52. The van der Waals surface area contributed by atoms with Crippen molar-refractivity contribution in [2.45, 2.75) is 19.9 Å². The van der Waals surface area contributed by atoms with Gasteiger partial charge in [0.1, 0.15) is 11.6 Å². The lowest BCUT2D eigenvalue weighted by Crippen LogP contribution is -2.29. The second kappa shape index (κ2) is 6.11. The van der Waals surface area contributed by atoms with E-state index in [1.165, 1.54) is 13.0 Å². The van der Waals surface area contributed by atoms with E-state index in [9.17, 15) is 0 Å². The van der Waals surface area contributed by atoms with E-state index in [1.54, 1.807) is 0 Å². The molecule has 0 saturated carbocycles. The summed E-state index contributed by atoms with van der Waals surface area (Å²) in [6.07, 6.45) is 1.22. The van der Waals surface area contributed by atoms with Gasteiger partial charge in [0.2, 0.25) is 0 Å². The first kappa shape index (κ1) is 13.2. The Morgan fingerprint density at radius 1 is 1.22 bits per heavy atom. The quantitative estimate of drug-likeness (QED) is 0.864. The topological polar surface area (TPSA) is 44.3 Å². The fourth-order valence-corrected chi connectivity index (χ4v) is 2.29. The summed E-state index contributed by atoms with van der Waals surface area (Å²) in [6.45, 7) is 7.42. The first-order chi connectivity index (χ1) is 8.67. The summed E-state index contributed by atoms with van der Waals surface area (Å²) in [7, 11) is 4.08. The molecule has 1 fully saturated rings. The van der Waals surface area contributed by atoms with Crippen molar-refractivity contribution in [3.8, 4) is 0 Å². The zero-order valence-electron chi connectivity index (χ0n) is 11.6. The van der Waals surface area contributed by atoms with Gasteiger partial charge in [-0.2, -0.15) is 0 Å². The van der Waals surface area contributed by atoms with E-state index < -0.39 is 0 Å². The molecule has 0 unspecified atom stereocenters. The molecule has 1 N–H and O–H groups in total. The Labute approximate surface area is 109 Å². The molecule has 0 aromatic carbocycles. The van der Waals surface area contributed by atoms with Gasteiger partial charge in [-0.25, -0.2) is 9.97 Å². The number of rotatable bonds is 3. The molecule has 5 heteroatoms. The Kier molecular flexibility index (Phi) is 4.49. The van der Waals surface area contributed by atoms with Crippen LogP contribution in [0.5, 0.6) is 0 Å². The lowest BCUT2D eigenvalue weighted by Gasteiger charge is -2.19. The normalized spacial score (nSPS) is 18.6. The Bertz CT molecular complexity index is 393. The van der Waals surface area contributed by atoms with Crippen molar-refractivity contribution in [1.82, 2.24) is 19.8 Å². The Hall–Kier alpha value is -1.20. The minimum atomic E-state index is 0.851. The van der Waals surface area contributed by atoms with Crippen molar-refractivity contribution in [3.63, 3.8) is 0 Å². The smallest absolute Gasteiger partial charge is 0.144 e. The summed E-state index contributed by atoms with van der Waals surface area (Å²) >= 11 is 0. The van der Waals surface area contributed by atoms with Gasteiger partial charge < -0.3 is 10.2 Å². The average molecular weight is 249 g/mol. The molecule has 2 heterocycles. The van der Waals surface area contributed by atoms with Crippen molar-refractivity contribution in [2.24, 2.45) is 0 Å². The molecule has 0 spiro atoms. The van der Waals surface area contributed by atoms with E-state index in [2.05, 4.69) is 32.1 Å². The predicted octanol–water partition coefficient (Wildman–Crippen LogP) is 0.964. The summed E-state index contributed by atoms with van der Waals surface area (Å²) in [5.74, 6) is 1.83. The predicted molar refractivity (Wildman–Crippen MR) is 73.7 cm³/mol. The minimum absolute atomic E-state index is 0.851. The molecule has 1 saturated heterocycles. The minimum Gasteiger partial charge on any atom is -0.373 e. The molecule has 1 aliphatic rings. The van der Waals surface area contributed by atoms with Gasteiger partial charge in [0.15, 0.2) is 0 Å². The molecule has 0 atom stereocenters. The summed E-state index contributed by atoms with van der Waals surface area (Å²) in [5.41, 5.74) is 1.02. The van der Waals surface area contributed by atoms with Gasteiger partial charge >= 0.3 is 0 Å². The van der Waals surface area contributed by atoms with Gasteiger partial charge in [0.25, 0.3) is 0 Å². The molecule has 1 aromatic heterocycles. The summed E-state index contributed by atoms with van der Waals surface area (Å²) in [6, 6.07) is 1.97. The number of aryl methyl sites for hydroxylation is 1. The molecular weight excluding hydrogens is 226 g/mol.